The number of nitrogens with one attached hydrogen (secondary N) is 1. The van der Waals surface area contributed by atoms with Gasteiger partial charge in [-0.3, -0.25) is 9.89 Å². The third-order valence-corrected chi connectivity index (χ3v) is 6.21. The molecule has 26 heavy (non-hydrogen) atoms. The number of carbonyl (C=O) groups is 1. The van der Waals surface area contributed by atoms with E-state index in [1.165, 1.54) is 11.8 Å². The second-order valence-electron chi connectivity index (χ2n) is 6.59. The summed E-state index contributed by atoms with van der Waals surface area (Å²) in [6.07, 6.45) is 3.13. The number of hydrogen-bond acceptors (Lipinski definition) is 4. The minimum absolute atomic E-state index is 0.0939. The number of aryl methyl sites for hydroxylation is 1. The highest BCUT2D eigenvalue weighted by molar-refractivity contribution is 7.09. The average molecular weight is 387 g/mol. The Morgan fingerprint density at radius 3 is 2.58 bits per heavy atom. The molecule has 1 N–H and O–H groups in total. The Labute approximate surface area is 161 Å². The Balaban J connectivity index is 1.63. The predicted octanol–water partition coefficient (Wildman–Crippen LogP) is 4.05. The number of rotatable bonds is 3. The number of aromatic nitrogens is 3. The average Bonchev–Trinajstić information content (AvgIpc) is 3.30. The van der Waals surface area contributed by atoms with Gasteiger partial charge in [-0.05, 0) is 25.3 Å². The maximum Gasteiger partial charge on any atom is 0.273 e. The van der Waals surface area contributed by atoms with Gasteiger partial charge in [0.1, 0.15) is 5.69 Å². The number of halogens is 1. The standard InChI is InChI=1S/C19H19ClN4OS/c1-13-22-16(12-26-13)19(14-5-3-2-4-6-14)7-9-24(10-8-19)18(25)17-15(20)11-21-23-17/h2-6,11-12H,7-10H2,1H3,(H,21,23). The van der Waals surface area contributed by atoms with Gasteiger partial charge in [0.2, 0.25) is 0 Å². The van der Waals surface area contributed by atoms with E-state index in [0.717, 1.165) is 23.5 Å². The van der Waals surface area contributed by atoms with Crippen molar-refractivity contribution in [2.75, 3.05) is 13.1 Å². The number of nitrogens with zero attached hydrogens (tertiary/aromatic N) is 3. The number of hydrogen-bond donors (Lipinski definition) is 1. The van der Waals surface area contributed by atoms with Gasteiger partial charge in [-0.25, -0.2) is 4.98 Å². The Hall–Kier alpha value is -2.18. The third kappa shape index (κ3) is 2.93. The quantitative estimate of drug-likeness (QED) is 0.738. The fourth-order valence-corrected chi connectivity index (χ4v) is 4.59. The highest BCUT2D eigenvalue weighted by Crippen LogP contribution is 2.42. The second-order valence-corrected chi connectivity index (χ2v) is 8.05. The molecule has 1 fully saturated rings. The molecule has 1 aliphatic rings. The van der Waals surface area contributed by atoms with E-state index in [1.54, 1.807) is 11.3 Å². The monoisotopic (exact) mass is 386 g/mol. The van der Waals surface area contributed by atoms with Gasteiger partial charge in [-0.2, -0.15) is 5.10 Å². The normalized spacial score (nSPS) is 16.6. The van der Waals surface area contributed by atoms with Crippen molar-refractivity contribution < 1.29 is 4.79 Å². The first-order chi connectivity index (χ1) is 12.6. The van der Waals surface area contributed by atoms with Crippen LogP contribution in [-0.4, -0.2) is 39.1 Å². The van der Waals surface area contributed by atoms with Crippen molar-refractivity contribution in [2.45, 2.75) is 25.2 Å². The largest absolute Gasteiger partial charge is 0.337 e. The molecule has 7 heteroatoms. The van der Waals surface area contributed by atoms with E-state index in [4.69, 9.17) is 16.6 Å². The molecule has 3 aromatic rings. The zero-order valence-electron chi connectivity index (χ0n) is 14.4. The molecule has 5 nitrogen and oxygen atoms in total. The molecule has 0 unspecified atom stereocenters. The molecule has 0 aliphatic carbocycles. The van der Waals surface area contributed by atoms with E-state index < -0.39 is 0 Å². The lowest BCUT2D eigenvalue weighted by molar-refractivity contribution is 0.0678. The maximum atomic E-state index is 12.7. The van der Waals surface area contributed by atoms with Gasteiger partial charge in [0.15, 0.2) is 0 Å². The molecule has 1 aromatic carbocycles. The number of piperidine rings is 1. The molecule has 2 aromatic heterocycles. The molecule has 0 spiro atoms. The number of carbonyl (C=O) groups excluding carboxylic acids is 1. The zero-order valence-corrected chi connectivity index (χ0v) is 16.0. The molecule has 134 valence electrons. The Bertz CT molecular complexity index is 913. The van der Waals surface area contributed by atoms with Gasteiger partial charge in [-0.1, -0.05) is 41.9 Å². The number of aromatic amines is 1. The maximum absolute atomic E-state index is 12.7. The second kappa shape index (κ2) is 6.85. The predicted molar refractivity (Wildman–Crippen MR) is 103 cm³/mol. The van der Waals surface area contributed by atoms with Crippen LogP contribution in [0.1, 0.15) is 39.6 Å². The third-order valence-electron chi connectivity index (χ3n) is 5.15. The van der Waals surface area contributed by atoms with Crippen LogP contribution in [0.5, 0.6) is 0 Å². The first-order valence-electron chi connectivity index (χ1n) is 8.56. The van der Waals surface area contributed by atoms with Gasteiger partial charge in [0, 0.05) is 23.9 Å². The first-order valence-corrected chi connectivity index (χ1v) is 9.82. The van der Waals surface area contributed by atoms with Crippen LogP contribution in [0.4, 0.5) is 0 Å². The molecular weight excluding hydrogens is 368 g/mol. The molecule has 0 radical (unpaired) electrons. The summed E-state index contributed by atoms with van der Waals surface area (Å²) in [5, 5.41) is 10.1. The van der Waals surface area contributed by atoms with Crippen LogP contribution in [0.15, 0.2) is 41.9 Å². The van der Waals surface area contributed by atoms with Crippen LogP contribution in [0.3, 0.4) is 0 Å². The van der Waals surface area contributed by atoms with E-state index in [-0.39, 0.29) is 11.3 Å². The van der Waals surface area contributed by atoms with Crippen molar-refractivity contribution in [3.63, 3.8) is 0 Å². The molecule has 0 saturated carbocycles. The number of benzene rings is 1. The Morgan fingerprint density at radius 1 is 1.27 bits per heavy atom. The Kier molecular flexibility index (Phi) is 4.54. The number of H-pyrrole nitrogens is 1. The Morgan fingerprint density at radius 2 is 2.00 bits per heavy atom. The zero-order chi connectivity index (χ0) is 18.1. The highest BCUT2D eigenvalue weighted by Gasteiger charge is 2.41. The van der Waals surface area contributed by atoms with Crippen LogP contribution >= 0.6 is 22.9 Å². The summed E-state index contributed by atoms with van der Waals surface area (Å²) in [5.41, 5.74) is 2.58. The first kappa shape index (κ1) is 17.2. The van der Waals surface area contributed by atoms with E-state index in [2.05, 4.69) is 39.8 Å². The molecule has 1 saturated heterocycles. The lowest BCUT2D eigenvalue weighted by Gasteiger charge is -2.41. The highest BCUT2D eigenvalue weighted by atomic mass is 35.5. The van der Waals surface area contributed by atoms with Gasteiger partial charge in [0.05, 0.1) is 21.9 Å². The molecule has 4 rings (SSSR count). The number of likely N-dealkylation sites (tertiary alicyclic amines) is 1. The van der Waals surface area contributed by atoms with Crippen LogP contribution in [0.2, 0.25) is 5.02 Å². The number of thiazole rings is 1. The van der Waals surface area contributed by atoms with Gasteiger partial charge >= 0.3 is 0 Å². The van der Waals surface area contributed by atoms with E-state index in [1.807, 2.05) is 17.9 Å². The van der Waals surface area contributed by atoms with Gasteiger partial charge in [-0.15, -0.1) is 11.3 Å². The molecule has 0 atom stereocenters. The SMILES string of the molecule is Cc1nc(C2(c3ccccc3)CCN(C(=O)c3[nH]ncc3Cl)CC2)cs1. The fourth-order valence-electron chi connectivity index (χ4n) is 3.70. The van der Waals surface area contributed by atoms with Gasteiger partial charge < -0.3 is 4.90 Å². The smallest absolute Gasteiger partial charge is 0.273 e. The van der Waals surface area contributed by atoms with Crippen molar-refractivity contribution in [1.82, 2.24) is 20.1 Å². The summed E-state index contributed by atoms with van der Waals surface area (Å²) < 4.78 is 0. The summed E-state index contributed by atoms with van der Waals surface area (Å²) >= 11 is 7.73. The fraction of sp³-hybridized carbons (Fsp3) is 0.316. The number of amides is 1. The summed E-state index contributed by atoms with van der Waals surface area (Å²) in [6.45, 7) is 3.34. The van der Waals surface area contributed by atoms with Crippen molar-refractivity contribution in [3.8, 4) is 0 Å². The van der Waals surface area contributed by atoms with E-state index in [9.17, 15) is 4.79 Å². The topological polar surface area (TPSA) is 61.9 Å². The molecule has 1 aliphatic heterocycles. The van der Waals surface area contributed by atoms with Crippen molar-refractivity contribution in [3.05, 3.63) is 68.9 Å². The lowest BCUT2D eigenvalue weighted by atomic mass is 9.70. The lowest BCUT2D eigenvalue weighted by Crippen LogP contribution is -2.46. The van der Waals surface area contributed by atoms with Crippen LogP contribution in [-0.2, 0) is 5.41 Å². The van der Waals surface area contributed by atoms with Crippen LogP contribution in [0, 0.1) is 6.92 Å². The van der Waals surface area contributed by atoms with Crippen LogP contribution in [0.25, 0.3) is 0 Å². The molecule has 0 bridgehead atoms. The molecule has 1 amide bonds. The van der Waals surface area contributed by atoms with E-state index in [0.29, 0.717) is 23.8 Å². The molecule has 3 heterocycles. The minimum atomic E-state index is -0.152. The summed E-state index contributed by atoms with van der Waals surface area (Å²) in [4.78, 5) is 19.4. The van der Waals surface area contributed by atoms with Crippen molar-refractivity contribution in [1.29, 1.82) is 0 Å². The van der Waals surface area contributed by atoms with Crippen molar-refractivity contribution >= 4 is 28.8 Å². The van der Waals surface area contributed by atoms with Crippen molar-refractivity contribution in [2.24, 2.45) is 0 Å². The van der Waals surface area contributed by atoms with E-state index >= 15 is 0 Å². The summed E-state index contributed by atoms with van der Waals surface area (Å²) in [7, 11) is 0. The summed E-state index contributed by atoms with van der Waals surface area (Å²) in [6, 6.07) is 10.5. The molecular formula is C19H19ClN4OS. The van der Waals surface area contributed by atoms with Crippen LogP contribution < -0.4 is 0 Å². The van der Waals surface area contributed by atoms with Gasteiger partial charge in [0.25, 0.3) is 5.91 Å². The summed E-state index contributed by atoms with van der Waals surface area (Å²) in [5.74, 6) is -0.0939. The minimum Gasteiger partial charge on any atom is -0.337 e.